The molecule has 0 radical (unpaired) electrons. The molecule has 5 nitrogen and oxygen atoms in total. The maximum atomic E-state index is 12.8. The van der Waals surface area contributed by atoms with E-state index in [0.717, 1.165) is 5.69 Å². The van der Waals surface area contributed by atoms with Crippen LogP contribution in [0.1, 0.15) is 24.2 Å². The number of nitrogens with zero attached hydrogens (tertiary/aromatic N) is 1. The normalized spacial score (nSPS) is 10.1. The summed E-state index contributed by atoms with van der Waals surface area (Å²) in [5.41, 5.74) is 8.04. The van der Waals surface area contributed by atoms with Crippen LogP contribution in [0.5, 0.6) is 0 Å². The fraction of sp³-hybridized carbons (Fsp3) is 0.176. The first kappa shape index (κ1) is 15.6. The quantitative estimate of drug-likeness (QED) is 0.852. The molecule has 0 saturated heterocycles. The molecule has 0 aliphatic rings. The summed E-state index contributed by atoms with van der Waals surface area (Å²) in [4.78, 5) is 25.6. The summed E-state index contributed by atoms with van der Waals surface area (Å²) in [6.07, 6.45) is 0. The monoisotopic (exact) mass is 297 g/mol. The number of carbonyl (C=O) groups is 2. The van der Waals surface area contributed by atoms with E-state index in [9.17, 15) is 9.59 Å². The van der Waals surface area contributed by atoms with Crippen LogP contribution in [-0.4, -0.2) is 18.4 Å². The van der Waals surface area contributed by atoms with Crippen molar-refractivity contribution in [1.29, 1.82) is 0 Å². The smallest absolute Gasteiger partial charge is 0.260 e. The lowest BCUT2D eigenvalue weighted by Gasteiger charge is -2.22. The highest BCUT2D eigenvalue weighted by atomic mass is 16.2. The average Bonchev–Trinajstić information content (AvgIpc) is 2.50. The number of carbonyl (C=O) groups excluding carboxylic acids is 2. The van der Waals surface area contributed by atoms with Crippen LogP contribution in [0, 0.1) is 0 Å². The van der Waals surface area contributed by atoms with E-state index < -0.39 is 0 Å². The largest absolute Gasteiger partial charge is 0.398 e. The molecule has 0 aliphatic carbocycles. The van der Waals surface area contributed by atoms with Crippen LogP contribution < -0.4 is 16.0 Å². The number of nitrogens with two attached hydrogens (primary N) is 1. The highest BCUT2D eigenvalue weighted by Gasteiger charge is 2.19. The number of hydrogen-bond acceptors (Lipinski definition) is 3. The Balaban J connectivity index is 2.37. The summed E-state index contributed by atoms with van der Waals surface area (Å²) in [5, 5.41) is 2.66. The third kappa shape index (κ3) is 3.44. The van der Waals surface area contributed by atoms with E-state index in [1.807, 2.05) is 37.3 Å². The lowest BCUT2D eigenvalue weighted by Crippen LogP contribution is -2.31. The lowest BCUT2D eigenvalue weighted by molar-refractivity contribution is -0.114. The van der Waals surface area contributed by atoms with Gasteiger partial charge in [-0.15, -0.1) is 0 Å². The second-order valence-corrected chi connectivity index (χ2v) is 4.87. The number of para-hydroxylation sites is 1. The predicted molar refractivity (Wildman–Crippen MR) is 89.0 cm³/mol. The molecule has 0 atom stereocenters. The average molecular weight is 297 g/mol. The molecule has 0 saturated carbocycles. The van der Waals surface area contributed by atoms with Gasteiger partial charge in [-0.3, -0.25) is 9.59 Å². The zero-order valence-corrected chi connectivity index (χ0v) is 12.7. The van der Waals surface area contributed by atoms with Gasteiger partial charge in [-0.2, -0.15) is 0 Å². The number of amides is 2. The zero-order valence-electron chi connectivity index (χ0n) is 12.7. The molecule has 0 unspecified atom stereocenters. The number of benzene rings is 2. The third-order valence-corrected chi connectivity index (χ3v) is 3.23. The van der Waals surface area contributed by atoms with Crippen molar-refractivity contribution in [2.45, 2.75) is 13.8 Å². The molecule has 0 aromatic heterocycles. The summed E-state index contributed by atoms with van der Waals surface area (Å²) in [6, 6.07) is 14.3. The van der Waals surface area contributed by atoms with E-state index in [1.165, 1.54) is 6.92 Å². The van der Waals surface area contributed by atoms with Gasteiger partial charge in [0.2, 0.25) is 5.91 Å². The second kappa shape index (κ2) is 6.76. The minimum atomic E-state index is -0.196. The highest BCUT2D eigenvalue weighted by Crippen LogP contribution is 2.23. The molecule has 2 aromatic carbocycles. The zero-order chi connectivity index (χ0) is 16.1. The third-order valence-electron chi connectivity index (χ3n) is 3.23. The Kier molecular flexibility index (Phi) is 4.78. The molecule has 3 N–H and O–H groups in total. The van der Waals surface area contributed by atoms with Gasteiger partial charge in [0.05, 0.1) is 5.56 Å². The van der Waals surface area contributed by atoms with Crippen LogP contribution in [0.3, 0.4) is 0 Å². The molecule has 2 rings (SSSR count). The Hall–Kier alpha value is -2.82. The second-order valence-electron chi connectivity index (χ2n) is 4.87. The van der Waals surface area contributed by atoms with Gasteiger partial charge in [0.25, 0.3) is 5.91 Å². The van der Waals surface area contributed by atoms with E-state index in [-0.39, 0.29) is 11.8 Å². The Morgan fingerprint density at radius 2 is 1.82 bits per heavy atom. The first-order valence-electron chi connectivity index (χ1n) is 7.07. The van der Waals surface area contributed by atoms with E-state index in [2.05, 4.69) is 5.32 Å². The van der Waals surface area contributed by atoms with Crippen LogP contribution >= 0.6 is 0 Å². The highest BCUT2D eigenvalue weighted by molar-refractivity contribution is 6.10. The van der Waals surface area contributed by atoms with Crippen LogP contribution in [0.15, 0.2) is 48.5 Å². The number of rotatable bonds is 4. The van der Waals surface area contributed by atoms with E-state index in [4.69, 9.17) is 5.73 Å². The Bertz CT molecular complexity index is 684. The molecule has 0 fully saturated rings. The molecular formula is C17H19N3O2. The number of anilines is 3. The van der Waals surface area contributed by atoms with Gasteiger partial charge in [-0.25, -0.2) is 0 Å². The molecule has 114 valence electrons. The molecule has 0 aliphatic heterocycles. The van der Waals surface area contributed by atoms with Crippen molar-refractivity contribution in [3.8, 4) is 0 Å². The summed E-state index contributed by atoms with van der Waals surface area (Å²) in [7, 11) is 0. The molecule has 0 heterocycles. The number of nitrogen functional groups attached to an aromatic ring is 1. The van der Waals surface area contributed by atoms with Crippen molar-refractivity contribution in [3.63, 3.8) is 0 Å². The van der Waals surface area contributed by atoms with Crippen LogP contribution in [0.4, 0.5) is 17.1 Å². The molecule has 0 bridgehead atoms. The topological polar surface area (TPSA) is 75.4 Å². The minimum Gasteiger partial charge on any atom is -0.398 e. The van der Waals surface area contributed by atoms with Gasteiger partial charge < -0.3 is 16.0 Å². The summed E-state index contributed by atoms with van der Waals surface area (Å²) in [6.45, 7) is 3.84. The maximum absolute atomic E-state index is 12.8. The summed E-state index contributed by atoms with van der Waals surface area (Å²) in [5.74, 6) is -0.392. The van der Waals surface area contributed by atoms with Crippen molar-refractivity contribution in [2.24, 2.45) is 0 Å². The molecular weight excluding hydrogens is 278 g/mol. The minimum absolute atomic E-state index is 0.196. The standard InChI is InChI=1S/C17H19N3O2/c1-3-20(14-7-5-4-6-8-14)17(22)15-11-13(19-12(2)21)9-10-16(15)18/h4-11H,3,18H2,1-2H3,(H,19,21). The van der Waals surface area contributed by atoms with Gasteiger partial charge in [-0.1, -0.05) is 18.2 Å². The van der Waals surface area contributed by atoms with Crippen molar-refractivity contribution < 1.29 is 9.59 Å². The molecule has 0 spiro atoms. The van der Waals surface area contributed by atoms with Gasteiger partial charge in [0.15, 0.2) is 0 Å². The van der Waals surface area contributed by atoms with Crippen molar-refractivity contribution in [3.05, 3.63) is 54.1 Å². The van der Waals surface area contributed by atoms with Crippen molar-refractivity contribution >= 4 is 28.9 Å². The van der Waals surface area contributed by atoms with Gasteiger partial charge in [0, 0.05) is 30.5 Å². The fourth-order valence-electron chi connectivity index (χ4n) is 2.22. The van der Waals surface area contributed by atoms with Crippen LogP contribution in [0.2, 0.25) is 0 Å². The van der Waals surface area contributed by atoms with E-state index >= 15 is 0 Å². The lowest BCUT2D eigenvalue weighted by atomic mass is 10.1. The number of hydrogen-bond donors (Lipinski definition) is 2. The Morgan fingerprint density at radius 1 is 1.14 bits per heavy atom. The van der Waals surface area contributed by atoms with Crippen LogP contribution in [-0.2, 0) is 4.79 Å². The van der Waals surface area contributed by atoms with E-state index in [1.54, 1.807) is 23.1 Å². The first-order valence-corrected chi connectivity index (χ1v) is 7.07. The van der Waals surface area contributed by atoms with Crippen molar-refractivity contribution in [1.82, 2.24) is 0 Å². The Morgan fingerprint density at radius 3 is 2.41 bits per heavy atom. The number of nitrogens with one attached hydrogen (secondary N) is 1. The molecule has 2 amide bonds. The fourth-order valence-corrected chi connectivity index (χ4v) is 2.22. The van der Waals surface area contributed by atoms with Gasteiger partial charge in [0.1, 0.15) is 0 Å². The van der Waals surface area contributed by atoms with Crippen molar-refractivity contribution in [2.75, 3.05) is 22.5 Å². The predicted octanol–water partition coefficient (Wildman–Crippen LogP) is 2.89. The Labute approximate surface area is 129 Å². The van der Waals surface area contributed by atoms with Gasteiger partial charge >= 0.3 is 0 Å². The first-order chi connectivity index (χ1) is 10.5. The summed E-state index contributed by atoms with van der Waals surface area (Å²) < 4.78 is 0. The van der Waals surface area contributed by atoms with E-state index in [0.29, 0.717) is 23.5 Å². The molecule has 22 heavy (non-hydrogen) atoms. The summed E-state index contributed by atoms with van der Waals surface area (Å²) >= 11 is 0. The molecule has 5 heteroatoms. The molecule has 2 aromatic rings. The van der Waals surface area contributed by atoms with Gasteiger partial charge in [-0.05, 0) is 37.3 Å². The van der Waals surface area contributed by atoms with Crippen LogP contribution in [0.25, 0.3) is 0 Å². The maximum Gasteiger partial charge on any atom is 0.260 e. The SMILES string of the molecule is CCN(C(=O)c1cc(NC(C)=O)ccc1N)c1ccccc1.